The molecule has 0 atom stereocenters. The van der Waals surface area contributed by atoms with E-state index in [9.17, 15) is 13.2 Å². The van der Waals surface area contributed by atoms with E-state index in [1.807, 2.05) is 0 Å². The lowest BCUT2D eigenvalue weighted by Gasteiger charge is -2.09. The average molecular weight is 362 g/mol. The van der Waals surface area contributed by atoms with Gasteiger partial charge in [-0.05, 0) is 30.7 Å². The highest BCUT2D eigenvalue weighted by atomic mass is 35.5. The van der Waals surface area contributed by atoms with Crippen LogP contribution in [0.5, 0.6) is 0 Å². The van der Waals surface area contributed by atoms with E-state index in [2.05, 4.69) is 9.82 Å². The molecule has 9 heteroatoms. The maximum absolute atomic E-state index is 12.1. The Bertz CT molecular complexity index is 821. The standard InChI is InChI=1S/C13H13Cl2N3O3S/c14-10-4-5-11(15)12(9-10)22(20,21)17-7-2-8-18-13(19)3-1-6-16-18/h1,3-6,9,17H,2,7-8H2. The molecule has 1 N–H and O–H groups in total. The molecular formula is C13H13Cl2N3O3S. The van der Waals surface area contributed by atoms with Crippen molar-refractivity contribution in [1.29, 1.82) is 0 Å². The van der Waals surface area contributed by atoms with Crippen LogP contribution in [0.3, 0.4) is 0 Å². The van der Waals surface area contributed by atoms with Gasteiger partial charge in [0, 0.05) is 30.4 Å². The van der Waals surface area contributed by atoms with Gasteiger partial charge in [-0.1, -0.05) is 23.2 Å². The lowest BCUT2D eigenvalue weighted by Crippen LogP contribution is -2.28. The molecule has 0 spiro atoms. The van der Waals surface area contributed by atoms with Crippen LogP contribution in [-0.2, 0) is 16.6 Å². The number of hydrogen-bond acceptors (Lipinski definition) is 4. The van der Waals surface area contributed by atoms with Gasteiger partial charge >= 0.3 is 0 Å². The van der Waals surface area contributed by atoms with E-state index >= 15 is 0 Å². The highest BCUT2D eigenvalue weighted by Crippen LogP contribution is 2.24. The number of halogens is 2. The molecule has 0 amide bonds. The third-order valence-corrected chi connectivity index (χ3v) is 4.98. The Morgan fingerprint density at radius 2 is 2.00 bits per heavy atom. The number of benzene rings is 1. The van der Waals surface area contributed by atoms with Gasteiger partial charge in [0.05, 0.1) is 5.02 Å². The average Bonchev–Trinajstić information content (AvgIpc) is 2.48. The zero-order valence-corrected chi connectivity index (χ0v) is 13.7. The Hall–Kier alpha value is -1.41. The molecule has 1 aromatic carbocycles. The van der Waals surface area contributed by atoms with Crippen molar-refractivity contribution in [2.24, 2.45) is 0 Å². The molecule has 0 aliphatic heterocycles. The molecule has 0 saturated carbocycles. The summed E-state index contributed by atoms with van der Waals surface area (Å²) in [4.78, 5) is 11.4. The SMILES string of the molecule is O=c1cccnn1CCCNS(=O)(=O)c1cc(Cl)ccc1Cl. The van der Waals surface area contributed by atoms with Gasteiger partial charge in [0.25, 0.3) is 5.56 Å². The first-order valence-electron chi connectivity index (χ1n) is 6.37. The molecule has 0 aliphatic carbocycles. The molecule has 118 valence electrons. The lowest BCUT2D eigenvalue weighted by molar-refractivity contribution is 0.535. The molecule has 2 rings (SSSR count). The first-order chi connectivity index (χ1) is 10.4. The number of nitrogens with zero attached hydrogens (tertiary/aromatic N) is 2. The second kappa shape index (κ2) is 7.23. The Morgan fingerprint density at radius 1 is 1.23 bits per heavy atom. The van der Waals surface area contributed by atoms with Crippen LogP contribution in [0.1, 0.15) is 6.42 Å². The van der Waals surface area contributed by atoms with Gasteiger partial charge in [0.1, 0.15) is 4.90 Å². The van der Waals surface area contributed by atoms with E-state index < -0.39 is 10.0 Å². The monoisotopic (exact) mass is 361 g/mol. The number of sulfonamides is 1. The minimum absolute atomic E-state index is 0.0725. The second-order valence-electron chi connectivity index (χ2n) is 4.41. The van der Waals surface area contributed by atoms with Gasteiger partial charge in [-0.2, -0.15) is 5.10 Å². The highest BCUT2D eigenvalue weighted by molar-refractivity contribution is 7.89. The molecule has 1 heterocycles. The number of aryl methyl sites for hydroxylation is 1. The second-order valence-corrected chi connectivity index (χ2v) is 6.99. The summed E-state index contributed by atoms with van der Waals surface area (Å²) in [7, 11) is -3.75. The van der Waals surface area contributed by atoms with Crippen molar-refractivity contribution in [3.05, 3.63) is 56.9 Å². The predicted octanol–water partition coefficient (Wildman–Crippen LogP) is 1.92. The van der Waals surface area contributed by atoms with E-state index in [4.69, 9.17) is 23.2 Å². The molecule has 0 fully saturated rings. The maximum Gasteiger partial charge on any atom is 0.266 e. The maximum atomic E-state index is 12.1. The van der Waals surface area contributed by atoms with Crippen LogP contribution in [0.2, 0.25) is 10.0 Å². The molecule has 6 nitrogen and oxygen atoms in total. The Morgan fingerprint density at radius 3 is 2.73 bits per heavy atom. The Kier molecular flexibility index (Phi) is 5.57. The van der Waals surface area contributed by atoms with Gasteiger partial charge < -0.3 is 0 Å². The first-order valence-corrected chi connectivity index (χ1v) is 8.61. The summed E-state index contributed by atoms with van der Waals surface area (Å²) in [6.07, 6.45) is 1.91. The van der Waals surface area contributed by atoms with Crippen LogP contribution in [0.15, 0.2) is 46.2 Å². The van der Waals surface area contributed by atoms with Gasteiger partial charge in [-0.3, -0.25) is 4.79 Å². The molecule has 2 aromatic rings. The van der Waals surface area contributed by atoms with E-state index in [1.165, 1.54) is 35.1 Å². The minimum atomic E-state index is -3.75. The van der Waals surface area contributed by atoms with Gasteiger partial charge in [-0.25, -0.2) is 17.8 Å². The molecular weight excluding hydrogens is 349 g/mol. The fourth-order valence-corrected chi connectivity index (χ4v) is 3.59. The summed E-state index contributed by atoms with van der Waals surface area (Å²) in [6, 6.07) is 7.16. The lowest BCUT2D eigenvalue weighted by atomic mass is 10.4. The Labute approximate surface area is 137 Å². The summed E-state index contributed by atoms with van der Waals surface area (Å²) in [5.74, 6) is 0. The molecule has 0 unspecified atom stereocenters. The van der Waals surface area contributed by atoms with Crippen molar-refractivity contribution in [2.45, 2.75) is 17.9 Å². The summed E-state index contributed by atoms with van der Waals surface area (Å²) in [6.45, 7) is 0.458. The topological polar surface area (TPSA) is 81.1 Å². The summed E-state index contributed by atoms with van der Waals surface area (Å²) in [5, 5.41) is 4.26. The number of hydrogen-bond donors (Lipinski definition) is 1. The highest BCUT2D eigenvalue weighted by Gasteiger charge is 2.17. The van der Waals surface area contributed by atoms with E-state index in [1.54, 1.807) is 6.07 Å². The van der Waals surface area contributed by atoms with Crippen LogP contribution in [0, 0.1) is 0 Å². The normalized spacial score (nSPS) is 11.5. The molecule has 0 saturated heterocycles. The van der Waals surface area contributed by atoms with Crippen LogP contribution in [0.25, 0.3) is 0 Å². The summed E-state index contributed by atoms with van der Waals surface area (Å²) < 4.78 is 28.0. The van der Waals surface area contributed by atoms with E-state index in [0.717, 1.165) is 0 Å². The van der Waals surface area contributed by atoms with Gasteiger partial charge in [0.2, 0.25) is 10.0 Å². The Balaban J connectivity index is 1.97. The van der Waals surface area contributed by atoms with E-state index in [0.29, 0.717) is 13.0 Å². The zero-order chi connectivity index (χ0) is 16.2. The van der Waals surface area contributed by atoms with Crippen LogP contribution < -0.4 is 10.3 Å². The zero-order valence-electron chi connectivity index (χ0n) is 11.4. The van der Waals surface area contributed by atoms with Crippen molar-refractivity contribution in [2.75, 3.05) is 6.54 Å². The summed E-state index contributed by atoms with van der Waals surface area (Å²) in [5.41, 5.74) is -0.233. The number of aromatic nitrogens is 2. The minimum Gasteiger partial charge on any atom is -0.268 e. The third kappa shape index (κ3) is 4.30. The van der Waals surface area contributed by atoms with Gasteiger partial charge in [0.15, 0.2) is 0 Å². The molecule has 0 bridgehead atoms. The quantitative estimate of drug-likeness (QED) is 0.796. The first kappa shape index (κ1) is 17.0. The predicted molar refractivity (Wildman–Crippen MR) is 84.8 cm³/mol. The van der Waals surface area contributed by atoms with Crippen molar-refractivity contribution < 1.29 is 8.42 Å². The fourth-order valence-electron chi connectivity index (χ4n) is 1.75. The van der Waals surface area contributed by atoms with Crippen molar-refractivity contribution in [3.8, 4) is 0 Å². The number of rotatable bonds is 6. The van der Waals surface area contributed by atoms with Crippen LogP contribution in [-0.4, -0.2) is 24.7 Å². The molecule has 0 aliphatic rings. The van der Waals surface area contributed by atoms with Crippen molar-refractivity contribution >= 4 is 33.2 Å². The molecule has 1 aromatic heterocycles. The fraction of sp³-hybridized carbons (Fsp3) is 0.231. The van der Waals surface area contributed by atoms with Crippen molar-refractivity contribution in [1.82, 2.24) is 14.5 Å². The number of nitrogens with one attached hydrogen (secondary N) is 1. The van der Waals surface area contributed by atoms with Crippen LogP contribution in [0.4, 0.5) is 0 Å². The van der Waals surface area contributed by atoms with Crippen molar-refractivity contribution in [3.63, 3.8) is 0 Å². The smallest absolute Gasteiger partial charge is 0.266 e. The van der Waals surface area contributed by atoms with E-state index in [-0.39, 0.29) is 27.0 Å². The van der Waals surface area contributed by atoms with Crippen LogP contribution >= 0.6 is 23.2 Å². The molecule has 22 heavy (non-hydrogen) atoms. The van der Waals surface area contributed by atoms with Gasteiger partial charge in [-0.15, -0.1) is 0 Å². The molecule has 0 radical (unpaired) electrons. The summed E-state index contributed by atoms with van der Waals surface area (Å²) >= 11 is 11.7. The largest absolute Gasteiger partial charge is 0.268 e. The third-order valence-electron chi connectivity index (χ3n) is 2.81.